The Hall–Kier alpha value is -3.01. The Morgan fingerprint density at radius 2 is 2.07 bits per heavy atom. The van der Waals surface area contributed by atoms with E-state index in [1.807, 2.05) is 0 Å². The number of rotatable bonds is 6. The Kier molecular flexibility index (Phi) is 5.65. The summed E-state index contributed by atoms with van der Waals surface area (Å²) in [6.07, 6.45) is 3.15. The zero-order valence-electron chi connectivity index (χ0n) is 14.1. The van der Waals surface area contributed by atoms with E-state index in [2.05, 4.69) is 15.4 Å². The molecule has 0 fully saturated rings. The van der Waals surface area contributed by atoms with Gasteiger partial charge in [0.05, 0.1) is 11.4 Å². The van der Waals surface area contributed by atoms with E-state index in [0.29, 0.717) is 23.1 Å². The molecule has 0 aliphatic rings. The number of thioether (sulfide) groups is 1. The average Bonchev–Trinajstić information content (AvgIpc) is 2.96. The minimum Gasteiger partial charge on any atom is -0.452 e. The Labute approximate surface area is 156 Å². The number of carbonyl (C=O) groups excluding carboxylic acids is 2. The summed E-state index contributed by atoms with van der Waals surface area (Å²) in [6, 6.07) is 7.81. The number of nitrogens with one attached hydrogen (secondary N) is 1. The number of carbonyl (C=O) groups is 2. The maximum absolute atomic E-state index is 12.6. The average molecular weight is 392 g/mol. The molecule has 0 radical (unpaired) electrons. The van der Waals surface area contributed by atoms with Crippen molar-refractivity contribution in [3.63, 3.8) is 0 Å². The highest BCUT2D eigenvalue weighted by molar-refractivity contribution is 7.99. The molecule has 27 heavy (non-hydrogen) atoms. The maximum Gasteiger partial charge on any atom is 0.344 e. The van der Waals surface area contributed by atoms with E-state index in [1.54, 1.807) is 31.3 Å². The molecule has 1 aromatic carbocycles. The number of esters is 1. The first-order valence-corrected chi connectivity index (χ1v) is 8.64. The molecule has 1 N–H and O–H groups in total. The van der Waals surface area contributed by atoms with E-state index in [1.165, 1.54) is 22.8 Å². The van der Waals surface area contributed by atoms with Crippen molar-refractivity contribution in [3.8, 4) is 0 Å². The molecule has 0 spiro atoms. The molecule has 3 aromatic rings. The van der Waals surface area contributed by atoms with Crippen molar-refractivity contribution in [1.82, 2.24) is 14.6 Å². The molecular formula is C17H14F2N4O3S. The molecule has 2 heterocycles. The first kappa shape index (κ1) is 18.8. The van der Waals surface area contributed by atoms with Gasteiger partial charge in [0.1, 0.15) is 5.56 Å². The second-order valence-electron chi connectivity index (χ2n) is 5.35. The van der Waals surface area contributed by atoms with Crippen LogP contribution in [0, 0.1) is 6.92 Å². The summed E-state index contributed by atoms with van der Waals surface area (Å²) in [6.45, 7) is 1.05. The number of para-hydroxylation sites is 1. The molecule has 0 aliphatic carbocycles. The number of ether oxygens (including phenoxy) is 1. The van der Waals surface area contributed by atoms with E-state index in [-0.39, 0.29) is 16.1 Å². The van der Waals surface area contributed by atoms with Gasteiger partial charge in [0.15, 0.2) is 12.3 Å². The van der Waals surface area contributed by atoms with Crippen molar-refractivity contribution in [2.24, 2.45) is 0 Å². The number of aryl methyl sites for hydroxylation is 1. The van der Waals surface area contributed by atoms with Gasteiger partial charge in [-0.05, 0) is 25.1 Å². The number of hydrogen-bond acceptors (Lipinski definition) is 6. The van der Waals surface area contributed by atoms with Crippen LogP contribution in [-0.2, 0) is 9.53 Å². The Morgan fingerprint density at radius 1 is 1.30 bits per heavy atom. The van der Waals surface area contributed by atoms with Gasteiger partial charge in [0.2, 0.25) is 0 Å². The van der Waals surface area contributed by atoms with Crippen molar-refractivity contribution in [2.45, 2.75) is 17.6 Å². The lowest BCUT2D eigenvalue weighted by Gasteiger charge is -2.10. The van der Waals surface area contributed by atoms with E-state index in [9.17, 15) is 18.4 Å². The molecule has 7 nitrogen and oxygen atoms in total. The topological polar surface area (TPSA) is 85.6 Å². The summed E-state index contributed by atoms with van der Waals surface area (Å²) >= 11 is 0.318. The van der Waals surface area contributed by atoms with E-state index < -0.39 is 24.2 Å². The highest BCUT2D eigenvalue weighted by atomic mass is 32.2. The first-order chi connectivity index (χ1) is 13.0. The Morgan fingerprint density at radius 3 is 2.85 bits per heavy atom. The molecule has 0 saturated heterocycles. The zero-order valence-corrected chi connectivity index (χ0v) is 14.9. The largest absolute Gasteiger partial charge is 0.452 e. The molecule has 0 bridgehead atoms. The van der Waals surface area contributed by atoms with Crippen LogP contribution < -0.4 is 5.32 Å². The minimum atomic E-state index is -2.62. The number of fused-ring (bicyclic) bond motifs is 1. The van der Waals surface area contributed by atoms with Gasteiger partial charge in [-0.3, -0.25) is 4.79 Å². The summed E-state index contributed by atoms with van der Waals surface area (Å²) in [5.74, 6) is -4.01. The lowest BCUT2D eigenvalue weighted by Crippen LogP contribution is -2.21. The molecule has 2 aromatic heterocycles. The maximum atomic E-state index is 12.6. The first-order valence-electron chi connectivity index (χ1n) is 7.76. The monoisotopic (exact) mass is 392 g/mol. The van der Waals surface area contributed by atoms with Crippen LogP contribution in [0.1, 0.15) is 16.1 Å². The molecule has 1 amide bonds. The second-order valence-corrected chi connectivity index (χ2v) is 6.38. The number of halogens is 2. The SMILES string of the molecule is Cc1nn2cccnc2c1C(=O)OCC(=O)Nc1ccccc1SC(F)F. The summed E-state index contributed by atoms with van der Waals surface area (Å²) < 4.78 is 31.6. The van der Waals surface area contributed by atoms with Crippen molar-refractivity contribution < 1.29 is 23.1 Å². The van der Waals surface area contributed by atoms with Crippen molar-refractivity contribution in [1.29, 1.82) is 0 Å². The van der Waals surface area contributed by atoms with Crippen LogP contribution in [0.25, 0.3) is 5.65 Å². The van der Waals surface area contributed by atoms with Crippen LogP contribution in [-0.4, -0.2) is 38.8 Å². The number of amides is 1. The number of nitrogens with zero attached hydrogens (tertiary/aromatic N) is 3. The van der Waals surface area contributed by atoms with Gasteiger partial charge in [-0.15, -0.1) is 0 Å². The molecule has 0 unspecified atom stereocenters. The number of hydrogen-bond donors (Lipinski definition) is 1. The molecule has 0 atom stereocenters. The van der Waals surface area contributed by atoms with Crippen molar-refractivity contribution in [2.75, 3.05) is 11.9 Å². The fraction of sp³-hybridized carbons (Fsp3) is 0.176. The third-order valence-electron chi connectivity index (χ3n) is 3.49. The molecule has 10 heteroatoms. The molecule has 0 aliphatic heterocycles. The highest BCUT2D eigenvalue weighted by Crippen LogP contribution is 2.31. The lowest BCUT2D eigenvalue weighted by atomic mass is 10.2. The highest BCUT2D eigenvalue weighted by Gasteiger charge is 2.21. The standard InChI is InChI=1S/C17H14F2N4O3S/c1-10-14(15-20-7-4-8-23(15)22-10)16(25)26-9-13(24)21-11-5-2-3-6-12(11)27-17(18)19/h2-8,17H,9H2,1H3,(H,21,24). The zero-order chi connectivity index (χ0) is 19.4. The summed E-state index contributed by atoms with van der Waals surface area (Å²) in [7, 11) is 0. The Bertz CT molecular complexity index is 993. The van der Waals surface area contributed by atoms with Gasteiger partial charge in [-0.25, -0.2) is 14.3 Å². The summed E-state index contributed by atoms with van der Waals surface area (Å²) in [5.41, 5.74) is 1.12. The van der Waals surface area contributed by atoms with E-state index >= 15 is 0 Å². The normalized spacial score (nSPS) is 11.0. The Balaban J connectivity index is 1.66. The van der Waals surface area contributed by atoms with Crippen LogP contribution in [0.5, 0.6) is 0 Å². The van der Waals surface area contributed by atoms with Gasteiger partial charge < -0.3 is 10.1 Å². The summed E-state index contributed by atoms with van der Waals surface area (Å²) in [4.78, 5) is 28.7. The lowest BCUT2D eigenvalue weighted by molar-refractivity contribution is -0.119. The smallest absolute Gasteiger partial charge is 0.344 e. The van der Waals surface area contributed by atoms with Gasteiger partial charge in [-0.1, -0.05) is 23.9 Å². The van der Waals surface area contributed by atoms with E-state index in [0.717, 1.165) is 0 Å². The molecule has 3 rings (SSSR count). The van der Waals surface area contributed by atoms with Crippen LogP contribution in [0.2, 0.25) is 0 Å². The predicted molar refractivity (Wildman–Crippen MR) is 94.9 cm³/mol. The predicted octanol–water partition coefficient (Wildman–Crippen LogP) is 3.15. The molecule has 0 saturated carbocycles. The second kappa shape index (κ2) is 8.12. The molecule has 140 valence electrons. The summed E-state index contributed by atoms with van der Waals surface area (Å²) in [5, 5.41) is 6.61. The van der Waals surface area contributed by atoms with Crippen LogP contribution in [0.4, 0.5) is 14.5 Å². The van der Waals surface area contributed by atoms with Gasteiger partial charge >= 0.3 is 5.97 Å². The number of anilines is 1. The molecular weight excluding hydrogens is 378 g/mol. The van der Waals surface area contributed by atoms with Gasteiger partial charge in [-0.2, -0.15) is 13.9 Å². The van der Waals surface area contributed by atoms with Crippen molar-refractivity contribution >= 4 is 35.0 Å². The number of aromatic nitrogens is 3. The number of alkyl halides is 2. The van der Waals surface area contributed by atoms with Crippen LogP contribution >= 0.6 is 11.8 Å². The van der Waals surface area contributed by atoms with Gasteiger partial charge in [0, 0.05) is 17.3 Å². The minimum absolute atomic E-state index is 0.164. The van der Waals surface area contributed by atoms with Crippen LogP contribution in [0.15, 0.2) is 47.6 Å². The van der Waals surface area contributed by atoms with Crippen LogP contribution in [0.3, 0.4) is 0 Å². The van der Waals surface area contributed by atoms with Gasteiger partial charge in [0.25, 0.3) is 11.7 Å². The number of benzene rings is 1. The third kappa shape index (κ3) is 4.40. The third-order valence-corrected chi connectivity index (χ3v) is 4.27. The van der Waals surface area contributed by atoms with Crippen molar-refractivity contribution in [3.05, 3.63) is 54.0 Å². The van der Waals surface area contributed by atoms with E-state index in [4.69, 9.17) is 4.74 Å². The fourth-order valence-electron chi connectivity index (χ4n) is 2.39. The fourth-order valence-corrected chi connectivity index (χ4v) is 2.99. The quantitative estimate of drug-likeness (QED) is 0.512.